The maximum Gasteiger partial charge on any atom is 0.211 e. The zero-order valence-electron chi connectivity index (χ0n) is 8.78. The molecule has 1 aliphatic carbocycles. The summed E-state index contributed by atoms with van der Waals surface area (Å²) in [6.07, 6.45) is 6.86. The zero-order chi connectivity index (χ0) is 10.4. The van der Waals surface area contributed by atoms with Crippen LogP contribution in [0.1, 0.15) is 26.2 Å². The van der Waals surface area contributed by atoms with Crippen LogP contribution >= 0.6 is 0 Å². The Morgan fingerprint density at radius 2 is 2.07 bits per heavy atom. The molecule has 1 saturated carbocycles. The molecule has 0 amide bonds. The minimum Gasteiger partial charge on any atom is -0.212 e. The van der Waals surface area contributed by atoms with Crippen molar-refractivity contribution in [3.05, 3.63) is 11.6 Å². The standard InChI is InChI=1S/C10H17NO2S/c1-10(5-6-10)9-3-7-11(8-4-9)14(2,12)13/h3H,4-8H2,1-2H3. The fourth-order valence-electron chi connectivity index (χ4n) is 2.01. The van der Waals surface area contributed by atoms with Gasteiger partial charge in [0.2, 0.25) is 10.0 Å². The molecule has 0 aromatic heterocycles. The lowest BCUT2D eigenvalue weighted by Gasteiger charge is -2.26. The average Bonchev–Trinajstić information content (AvgIpc) is 2.84. The normalized spacial score (nSPS) is 27.1. The topological polar surface area (TPSA) is 37.4 Å². The Balaban J connectivity index is 2.07. The molecule has 3 nitrogen and oxygen atoms in total. The van der Waals surface area contributed by atoms with Gasteiger partial charge in [0, 0.05) is 13.1 Å². The predicted molar refractivity (Wildman–Crippen MR) is 56.5 cm³/mol. The van der Waals surface area contributed by atoms with Crippen LogP contribution in [0, 0.1) is 5.41 Å². The van der Waals surface area contributed by atoms with Gasteiger partial charge in [0.1, 0.15) is 0 Å². The molecule has 0 bridgehead atoms. The number of rotatable bonds is 2. The van der Waals surface area contributed by atoms with E-state index in [1.165, 1.54) is 24.7 Å². The van der Waals surface area contributed by atoms with Gasteiger partial charge in [-0.15, -0.1) is 0 Å². The van der Waals surface area contributed by atoms with Crippen molar-refractivity contribution in [2.75, 3.05) is 19.3 Å². The maximum atomic E-state index is 11.3. The van der Waals surface area contributed by atoms with Crippen molar-refractivity contribution < 1.29 is 8.42 Å². The van der Waals surface area contributed by atoms with Gasteiger partial charge in [-0.1, -0.05) is 18.6 Å². The van der Waals surface area contributed by atoms with Gasteiger partial charge in [0.05, 0.1) is 6.26 Å². The van der Waals surface area contributed by atoms with Crippen LogP contribution in [-0.2, 0) is 10.0 Å². The monoisotopic (exact) mass is 215 g/mol. The van der Waals surface area contributed by atoms with Crippen molar-refractivity contribution in [2.45, 2.75) is 26.2 Å². The van der Waals surface area contributed by atoms with Crippen molar-refractivity contribution in [1.82, 2.24) is 4.31 Å². The maximum absolute atomic E-state index is 11.3. The van der Waals surface area contributed by atoms with Crippen LogP contribution in [0.2, 0.25) is 0 Å². The molecule has 2 aliphatic rings. The molecule has 4 heteroatoms. The molecule has 0 aromatic carbocycles. The molecule has 80 valence electrons. The lowest BCUT2D eigenvalue weighted by molar-refractivity contribution is 0.419. The Kier molecular flexibility index (Phi) is 2.23. The van der Waals surface area contributed by atoms with Crippen molar-refractivity contribution >= 4 is 10.0 Å². The second kappa shape index (κ2) is 3.07. The zero-order valence-corrected chi connectivity index (χ0v) is 9.60. The summed E-state index contributed by atoms with van der Waals surface area (Å²) in [7, 11) is -2.99. The first-order chi connectivity index (χ1) is 6.42. The number of hydrogen-bond acceptors (Lipinski definition) is 2. The molecule has 0 radical (unpaired) electrons. The van der Waals surface area contributed by atoms with Crippen molar-refractivity contribution in [3.63, 3.8) is 0 Å². The summed E-state index contributed by atoms with van der Waals surface area (Å²) in [4.78, 5) is 0. The summed E-state index contributed by atoms with van der Waals surface area (Å²) in [6, 6.07) is 0. The van der Waals surface area contributed by atoms with E-state index >= 15 is 0 Å². The molecule has 0 spiro atoms. The van der Waals surface area contributed by atoms with Crippen molar-refractivity contribution in [1.29, 1.82) is 0 Å². The SMILES string of the molecule is CC1(C2=CCN(S(C)(=O)=O)CC2)CC1. The first-order valence-electron chi connectivity index (χ1n) is 5.06. The van der Waals surface area contributed by atoms with Gasteiger partial charge < -0.3 is 0 Å². The predicted octanol–water partition coefficient (Wildman–Crippen LogP) is 1.38. The molecule has 0 saturated heterocycles. The minimum absolute atomic E-state index is 0.420. The summed E-state index contributed by atoms with van der Waals surface area (Å²) >= 11 is 0. The van der Waals surface area contributed by atoms with E-state index in [0.29, 0.717) is 18.5 Å². The summed E-state index contributed by atoms with van der Waals surface area (Å²) < 4.78 is 24.1. The lowest BCUT2D eigenvalue weighted by atomic mass is 9.93. The van der Waals surface area contributed by atoms with E-state index in [1.807, 2.05) is 0 Å². The lowest BCUT2D eigenvalue weighted by Crippen LogP contribution is -2.34. The molecule has 14 heavy (non-hydrogen) atoms. The smallest absolute Gasteiger partial charge is 0.211 e. The highest BCUT2D eigenvalue weighted by Crippen LogP contribution is 2.52. The number of hydrogen-bond donors (Lipinski definition) is 0. The molecular weight excluding hydrogens is 198 g/mol. The van der Waals surface area contributed by atoms with E-state index in [9.17, 15) is 8.42 Å². The molecule has 2 rings (SSSR count). The highest BCUT2D eigenvalue weighted by Gasteiger charge is 2.41. The third kappa shape index (κ3) is 1.86. The minimum atomic E-state index is -2.99. The third-order valence-electron chi connectivity index (χ3n) is 3.42. The van der Waals surface area contributed by atoms with Crippen LogP contribution in [0.4, 0.5) is 0 Å². The molecule has 0 atom stereocenters. The fourth-order valence-corrected chi connectivity index (χ4v) is 2.78. The van der Waals surface area contributed by atoms with E-state index < -0.39 is 10.0 Å². The number of nitrogens with zero attached hydrogens (tertiary/aromatic N) is 1. The Hall–Kier alpha value is -0.350. The molecule has 1 fully saturated rings. The quantitative estimate of drug-likeness (QED) is 0.653. The first-order valence-corrected chi connectivity index (χ1v) is 6.91. The number of sulfonamides is 1. The first kappa shape index (κ1) is 10.2. The molecule has 1 heterocycles. The van der Waals surface area contributed by atoms with Crippen LogP contribution in [0.25, 0.3) is 0 Å². The highest BCUT2D eigenvalue weighted by molar-refractivity contribution is 7.88. The largest absolute Gasteiger partial charge is 0.212 e. The van der Waals surface area contributed by atoms with Gasteiger partial charge in [0.25, 0.3) is 0 Å². The van der Waals surface area contributed by atoms with Gasteiger partial charge in [-0.2, -0.15) is 4.31 Å². The van der Waals surface area contributed by atoms with E-state index in [2.05, 4.69) is 13.0 Å². The average molecular weight is 215 g/mol. The Morgan fingerprint density at radius 3 is 2.43 bits per heavy atom. The summed E-state index contributed by atoms with van der Waals surface area (Å²) in [5, 5.41) is 0. The third-order valence-corrected chi connectivity index (χ3v) is 4.69. The summed E-state index contributed by atoms with van der Waals surface area (Å²) in [5.41, 5.74) is 1.89. The Morgan fingerprint density at radius 1 is 1.43 bits per heavy atom. The van der Waals surface area contributed by atoms with Gasteiger partial charge >= 0.3 is 0 Å². The molecule has 1 aliphatic heterocycles. The van der Waals surface area contributed by atoms with Crippen molar-refractivity contribution in [3.8, 4) is 0 Å². The van der Waals surface area contributed by atoms with Crippen LogP contribution in [0.3, 0.4) is 0 Å². The molecule has 0 aromatic rings. The Bertz CT molecular complexity index is 366. The van der Waals surface area contributed by atoms with Crippen LogP contribution < -0.4 is 0 Å². The van der Waals surface area contributed by atoms with E-state index in [1.54, 1.807) is 4.31 Å². The molecule has 0 unspecified atom stereocenters. The van der Waals surface area contributed by atoms with Gasteiger partial charge in [-0.25, -0.2) is 8.42 Å². The fraction of sp³-hybridized carbons (Fsp3) is 0.800. The van der Waals surface area contributed by atoms with E-state index in [4.69, 9.17) is 0 Å². The van der Waals surface area contributed by atoms with Gasteiger partial charge in [-0.05, 0) is 24.7 Å². The van der Waals surface area contributed by atoms with Gasteiger partial charge in [-0.3, -0.25) is 0 Å². The van der Waals surface area contributed by atoms with Crippen molar-refractivity contribution in [2.24, 2.45) is 5.41 Å². The Labute approximate surface area is 85.8 Å². The van der Waals surface area contributed by atoms with Gasteiger partial charge in [0.15, 0.2) is 0 Å². The van der Waals surface area contributed by atoms with Crippen LogP contribution in [0.5, 0.6) is 0 Å². The van der Waals surface area contributed by atoms with Crippen LogP contribution in [-0.4, -0.2) is 32.1 Å². The van der Waals surface area contributed by atoms with E-state index in [-0.39, 0.29) is 0 Å². The second-order valence-electron chi connectivity index (χ2n) is 4.66. The summed E-state index contributed by atoms with van der Waals surface area (Å²) in [5.74, 6) is 0. The molecule has 0 N–H and O–H groups in total. The van der Waals surface area contributed by atoms with E-state index in [0.717, 1.165) is 6.42 Å². The second-order valence-corrected chi connectivity index (χ2v) is 6.64. The molecular formula is C10H17NO2S. The highest BCUT2D eigenvalue weighted by atomic mass is 32.2. The van der Waals surface area contributed by atoms with Crippen LogP contribution in [0.15, 0.2) is 11.6 Å². The summed E-state index contributed by atoms with van der Waals surface area (Å²) in [6.45, 7) is 3.51.